The highest BCUT2D eigenvalue weighted by molar-refractivity contribution is 7.89. The fourth-order valence-electron chi connectivity index (χ4n) is 1.47. The summed E-state index contributed by atoms with van der Waals surface area (Å²) in [6, 6.07) is 3.43. The zero-order valence-electron chi connectivity index (χ0n) is 10.00. The molecule has 1 aromatic heterocycles. The van der Waals surface area contributed by atoms with Gasteiger partial charge in [-0.2, -0.15) is 0 Å². The third-order valence-electron chi connectivity index (χ3n) is 2.49. The lowest BCUT2D eigenvalue weighted by atomic mass is 10.2. The number of imidazole rings is 1. The van der Waals surface area contributed by atoms with Gasteiger partial charge in [0.15, 0.2) is 0 Å². The highest BCUT2D eigenvalue weighted by atomic mass is 35.5. The van der Waals surface area contributed by atoms with Crippen molar-refractivity contribution in [1.29, 1.82) is 0 Å². The van der Waals surface area contributed by atoms with Gasteiger partial charge in [0.1, 0.15) is 0 Å². The van der Waals surface area contributed by atoms with E-state index in [1.165, 1.54) is 18.6 Å². The minimum atomic E-state index is -3.78. The average molecular weight is 316 g/mol. The second kappa shape index (κ2) is 5.61. The van der Waals surface area contributed by atoms with Gasteiger partial charge in [0.2, 0.25) is 10.0 Å². The maximum Gasteiger partial charge on any atom is 0.337 e. The molecule has 9 heteroatoms. The first-order chi connectivity index (χ1) is 9.40. The van der Waals surface area contributed by atoms with E-state index in [1.54, 1.807) is 0 Å². The number of H-pyrrole nitrogens is 1. The number of sulfonamides is 1. The van der Waals surface area contributed by atoms with Crippen LogP contribution in [0.3, 0.4) is 0 Å². The zero-order chi connectivity index (χ0) is 14.8. The van der Waals surface area contributed by atoms with Crippen LogP contribution in [0.25, 0.3) is 0 Å². The number of hydrogen-bond acceptors (Lipinski definition) is 4. The predicted octanol–water partition coefficient (Wildman–Crippen LogP) is 1.24. The summed E-state index contributed by atoms with van der Waals surface area (Å²) in [6.45, 7) is 0.0423. The van der Waals surface area contributed by atoms with Crippen LogP contribution in [0.5, 0.6) is 0 Å². The van der Waals surface area contributed by atoms with Crippen LogP contribution in [-0.4, -0.2) is 29.5 Å². The number of carboxylic acid groups (broad SMARTS) is 1. The van der Waals surface area contributed by atoms with Crippen LogP contribution in [0.2, 0.25) is 5.02 Å². The molecule has 2 rings (SSSR count). The summed E-state index contributed by atoms with van der Waals surface area (Å²) in [6.07, 6.45) is 2.92. The van der Waals surface area contributed by atoms with Gasteiger partial charge in [-0.3, -0.25) is 0 Å². The molecule has 0 aliphatic carbocycles. The molecule has 0 aliphatic rings. The summed E-state index contributed by atoms with van der Waals surface area (Å²) in [4.78, 5) is 17.2. The molecule has 3 N–H and O–H groups in total. The van der Waals surface area contributed by atoms with Crippen LogP contribution in [0.15, 0.2) is 35.6 Å². The average Bonchev–Trinajstić information content (AvgIpc) is 2.89. The van der Waals surface area contributed by atoms with Crippen molar-refractivity contribution in [2.24, 2.45) is 0 Å². The number of carboxylic acids is 1. The van der Waals surface area contributed by atoms with Crippen molar-refractivity contribution in [2.75, 3.05) is 0 Å². The summed E-state index contributed by atoms with van der Waals surface area (Å²) in [5.74, 6) is -1.22. The highest BCUT2D eigenvalue weighted by Crippen LogP contribution is 2.20. The molecule has 1 aromatic carbocycles. The molecule has 0 amide bonds. The molecule has 0 atom stereocenters. The van der Waals surface area contributed by atoms with Crippen molar-refractivity contribution in [3.8, 4) is 0 Å². The lowest BCUT2D eigenvalue weighted by Crippen LogP contribution is -2.23. The summed E-state index contributed by atoms with van der Waals surface area (Å²) < 4.78 is 26.4. The van der Waals surface area contributed by atoms with E-state index in [0.29, 0.717) is 5.69 Å². The molecule has 0 saturated carbocycles. The van der Waals surface area contributed by atoms with Gasteiger partial charge in [-0.25, -0.2) is 22.9 Å². The van der Waals surface area contributed by atoms with Crippen LogP contribution in [0.4, 0.5) is 0 Å². The van der Waals surface area contributed by atoms with E-state index >= 15 is 0 Å². The Balaban J connectivity index is 2.21. The summed E-state index contributed by atoms with van der Waals surface area (Å²) >= 11 is 5.74. The Hall–Kier alpha value is -1.90. The lowest BCUT2D eigenvalue weighted by molar-refractivity contribution is 0.0697. The Morgan fingerprint density at radius 3 is 2.75 bits per heavy atom. The number of halogens is 1. The summed E-state index contributed by atoms with van der Waals surface area (Å²) in [5.41, 5.74) is 0.445. The van der Waals surface area contributed by atoms with E-state index in [0.717, 1.165) is 12.1 Å². The molecule has 0 fully saturated rings. The van der Waals surface area contributed by atoms with Gasteiger partial charge in [0.05, 0.1) is 28.4 Å². The Labute approximate surface area is 119 Å². The summed E-state index contributed by atoms with van der Waals surface area (Å²) in [7, 11) is -3.78. The molecule has 20 heavy (non-hydrogen) atoms. The Bertz CT molecular complexity index is 728. The number of nitrogens with zero attached hydrogens (tertiary/aromatic N) is 1. The number of benzene rings is 1. The minimum Gasteiger partial charge on any atom is -0.478 e. The van der Waals surface area contributed by atoms with E-state index < -0.39 is 16.0 Å². The normalized spacial score (nSPS) is 11.4. The van der Waals surface area contributed by atoms with Gasteiger partial charge >= 0.3 is 5.97 Å². The number of hydrogen-bond donors (Lipinski definition) is 3. The minimum absolute atomic E-state index is 0.0423. The Kier molecular flexibility index (Phi) is 4.07. The quantitative estimate of drug-likeness (QED) is 0.768. The largest absolute Gasteiger partial charge is 0.478 e. The molecule has 0 saturated heterocycles. The van der Waals surface area contributed by atoms with E-state index in [2.05, 4.69) is 14.7 Å². The van der Waals surface area contributed by atoms with Gasteiger partial charge < -0.3 is 10.1 Å². The monoisotopic (exact) mass is 315 g/mol. The van der Waals surface area contributed by atoms with Crippen LogP contribution in [-0.2, 0) is 16.6 Å². The molecule has 0 bridgehead atoms. The maximum absolute atomic E-state index is 12.0. The molecule has 0 unspecified atom stereocenters. The zero-order valence-corrected chi connectivity index (χ0v) is 11.6. The first kappa shape index (κ1) is 14.5. The number of aromatic carboxylic acids is 1. The van der Waals surface area contributed by atoms with Crippen LogP contribution >= 0.6 is 11.6 Å². The van der Waals surface area contributed by atoms with Gasteiger partial charge in [-0.05, 0) is 18.2 Å². The van der Waals surface area contributed by atoms with Crippen LogP contribution in [0, 0.1) is 0 Å². The molecule has 1 heterocycles. The third kappa shape index (κ3) is 3.16. The predicted molar refractivity (Wildman–Crippen MR) is 71.0 cm³/mol. The lowest BCUT2D eigenvalue weighted by Gasteiger charge is -2.07. The van der Waals surface area contributed by atoms with Gasteiger partial charge in [0, 0.05) is 11.9 Å². The molecule has 0 aliphatic heterocycles. The van der Waals surface area contributed by atoms with Crippen molar-refractivity contribution in [3.05, 3.63) is 47.0 Å². The van der Waals surface area contributed by atoms with Crippen molar-refractivity contribution in [2.45, 2.75) is 11.4 Å². The van der Waals surface area contributed by atoms with Crippen molar-refractivity contribution < 1.29 is 18.3 Å². The fourth-order valence-corrected chi connectivity index (χ4v) is 2.83. The molecule has 106 valence electrons. The van der Waals surface area contributed by atoms with Gasteiger partial charge in [-0.1, -0.05) is 11.6 Å². The number of aromatic nitrogens is 2. The van der Waals surface area contributed by atoms with E-state index in [4.69, 9.17) is 16.7 Å². The number of rotatable bonds is 5. The second-order valence-electron chi connectivity index (χ2n) is 3.85. The Morgan fingerprint density at radius 1 is 1.45 bits per heavy atom. The van der Waals surface area contributed by atoms with Crippen molar-refractivity contribution in [1.82, 2.24) is 14.7 Å². The van der Waals surface area contributed by atoms with Gasteiger partial charge in [-0.15, -0.1) is 0 Å². The standard InChI is InChI=1S/C11H10ClN3O4S/c12-10-3-8(1-2-9(10)11(16)17)20(18,19)15-5-7-4-13-6-14-7/h1-4,6,15H,5H2,(H,13,14)(H,16,17). The SMILES string of the molecule is O=C(O)c1ccc(S(=O)(=O)NCc2cnc[nH]2)cc1Cl. The number of carbonyl (C=O) groups is 1. The first-order valence-corrected chi connectivity index (χ1v) is 7.26. The topological polar surface area (TPSA) is 112 Å². The molecular weight excluding hydrogens is 306 g/mol. The number of aromatic amines is 1. The van der Waals surface area contributed by atoms with Crippen molar-refractivity contribution in [3.63, 3.8) is 0 Å². The van der Waals surface area contributed by atoms with Gasteiger partial charge in [0.25, 0.3) is 0 Å². The third-order valence-corrected chi connectivity index (χ3v) is 4.20. The molecule has 7 nitrogen and oxygen atoms in total. The van der Waals surface area contributed by atoms with E-state index in [1.807, 2.05) is 0 Å². The smallest absolute Gasteiger partial charge is 0.337 e. The molecule has 2 aromatic rings. The van der Waals surface area contributed by atoms with Crippen LogP contribution in [0.1, 0.15) is 16.1 Å². The number of nitrogens with one attached hydrogen (secondary N) is 2. The molecular formula is C11H10ClN3O4S. The molecule has 0 radical (unpaired) electrons. The summed E-state index contributed by atoms with van der Waals surface area (Å²) in [5, 5.41) is 8.69. The first-order valence-electron chi connectivity index (χ1n) is 5.40. The molecule has 0 spiro atoms. The highest BCUT2D eigenvalue weighted by Gasteiger charge is 2.17. The van der Waals surface area contributed by atoms with E-state index in [-0.39, 0.29) is 22.0 Å². The second-order valence-corrected chi connectivity index (χ2v) is 6.02. The maximum atomic E-state index is 12.0. The van der Waals surface area contributed by atoms with Crippen molar-refractivity contribution >= 4 is 27.6 Å². The Morgan fingerprint density at radius 2 is 2.20 bits per heavy atom. The van der Waals surface area contributed by atoms with E-state index in [9.17, 15) is 13.2 Å². The fraction of sp³-hybridized carbons (Fsp3) is 0.0909. The van der Waals surface area contributed by atoms with Crippen LogP contribution < -0.4 is 4.72 Å².